The minimum Gasteiger partial charge on any atom is -0.398 e. The molecule has 0 aliphatic carbocycles. The van der Waals surface area contributed by atoms with Crippen molar-refractivity contribution in [1.29, 1.82) is 5.26 Å². The van der Waals surface area contributed by atoms with Gasteiger partial charge in [-0.15, -0.1) is 11.8 Å². The first-order valence-electron chi connectivity index (χ1n) is 5.46. The maximum absolute atomic E-state index is 13.0. The second kappa shape index (κ2) is 5.96. The summed E-state index contributed by atoms with van der Waals surface area (Å²) in [6.07, 6.45) is 0. The molecular weight excluding hydrogens is 283 g/mol. The molecule has 0 aliphatic rings. The Balaban J connectivity index is 2.14. The molecule has 0 fully saturated rings. The van der Waals surface area contributed by atoms with Crippen LogP contribution < -0.4 is 5.73 Å². The maximum Gasteiger partial charge on any atom is 0.124 e. The van der Waals surface area contributed by atoms with Gasteiger partial charge in [0.05, 0.1) is 22.3 Å². The lowest BCUT2D eigenvalue weighted by Gasteiger charge is -2.06. The number of nitrogens with two attached hydrogens (primary N) is 1. The molecule has 0 spiro atoms. The monoisotopic (exact) mass is 292 g/mol. The van der Waals surface area contributed by atoms with Gasteiger partial charge in [-0.05, 0) is 35.9 Å². The summed E-state index contributed by atoms with van der Waals surface area (Å²) in [5, 5.41) is 9.46. The van der Waals surface area contributed by atoms with Gasteiger partial charge in [0, 0.05) is 10.6 Å². The minimum atomic E-state index is -0.402. The third-order valence-electron chi connectivity index (χ3n) is 2.56. The van der Waals surface area contributed by atoms with E-state index in [0.717, 1.165) is 10.5 Å². The summed E-state index contributed by atoms with van der Waals surface area (Å²) in [4.78, 5) is 0.951. The van der Waals surface area contributed by atoms with E-state index >= 15 is 0 Å². The summed E-state index contributed by atoms with van der Waals surface area (Å²) in [5.41, 5.74) is 7.31. The Morgan fingerprint density at radius 2 is 2.05 bits per heavy atom. The van der Waals surface area contributed by atoms with E-state index in [-0.39, 0.29) is 0 Å². The number of nitrogen functional groups attached to an aromatic ring is 1. The van der Waals surface area contributed by atoms with Crippen molar-refractivity contribution in [2.24, 2.45) is 0 Å². The van der Waals surface area contributed by atoms with Crippen molar-refractivity contribution in [3.05, 3.63) is 58.4 Å². The van der Waals surface area contributed by atoms with Gasteiger partial charge in [-0.25, -0.2) is 4.39 Å². The first kappa shape index (κ1) is 13.7. The van der Waals surface area contributed by atoms with Gasteiger partial charge in [0.15, 0.2) is 0 Å². The number of nitrogens with zero attached hydrogens (tertiary/aromatic N) is 1. The molecule has 5 heteroatoms. The number of halogens is 2. The normalized spacial score (nSPS) is 10.2. The lowest BCUT2D eigenvalue weighted by Crippen LogP contribution is -1.90. The summed E-state index contributed by atoms with van der Waals surface area (Å²) < 4.78 is 13.0. The van der Waals surface area contributed by atoms with E-state index in [2.05, 4.69) is 0 Å². The second-order valence-corrected chi connectivity index (χ2v) is 5.34. The van der Waals surface area contributed by atoms with Crippen molar-refractivity contribution < 1.29 is 4.39 Å². The van der Waals surface area contributed by atoms with Crippen LogP contribution in [0.15, 0.2) is 41.3 Å². The van der Waals surface area contributed by atoms with Crippen LogP contribution in [0.4, 0.5) is 10.1 Å². The van der Waals surface area contributed by atoms with Crippen LogP contribution in [0.1, 0.15) is 11.1 Å². The van der Waals surface area contributed by atoms with Gasteiger partial charge < -0.3 is 5.73 Å². The summed E-state index contributed by atoms with van der Waals surface area (Å²) in [6.45, 7) is 0. The van der Waals surface area contributed by atoms with E-state index in [9.17, 15) is 4.39 Å². The molecule has 2 N–H and O–H groups in total. The molecule has 2 aromatic carbocycles. The number of anilines is 1. The molecule has 0 bridgehead atoms. The summed E-state index contributed by atoms with van der Waals surface area (Å²) in [6, 6.07) is 11.6. The molecule has 2 rings (SSSR count). The lowest BCUT2D eigenvalue weighted by molar-refractivity contribution is 0.627. The molecule has 0 radical (unpaired) electrons. The quantitative estimate of drug-likeness (QED) is 0.680. The fourth-order valence-electron chi connectivity index (χ4n) is 1.54. The van der Waals surface area contributed by atoms with Gasteiger partial charge >= 0.3 is 0 Å². The predicted octanol–water partition coefficient (Wildman–Crippen LogP) is 4.23. The molecule has 0 amide bonds. The average Bonchev–Trinajstić information content (AvgIpc) is 2.41. The van der Waals surface area contributed by atoms with Crippen molar-refractivity contribution in [2.75, 3.05) is 5.73 Å². The number of hydrogen-bond acceptors (Lipinski definition) is 3. The fraction of sp³-hybridized carbons (Fsp3) is 0.0714. The Morgan fingerprint density at radius 1 is 1.26 bits per heavy atom. The molecule has 0 heterocycles. The standard InChI is InChI=1S/C14H10ClFN2S/c15-13-6-12(3-4-14(13)18)19-8-9-1-2-11(16)5-10(9)7-17/h1-6H,8,18H2. The molecule has 96 valence electrons. The zero-order valence-corrected chi connectivity index (χ0v) is 11.4. The molecule has 0 saturated carbocycles. The van der Waals surface area contributed by atoms with Crippen molar-refractivity contribution in [3.63, 3.8) is 0 Å². The molecule has 19 heavy (non-hydrogen) atoms. The summed E-state index contributed by atoms with van der Waals surface area (Å²) >= 11 is 7.45. The number of nitriles is 1. The first-order chi connectivity index (χ1) is 9.10. The minimum absolute atomic E-state index is 0.356. The zero-order chi connectivity index (χ0) is 13.8. The Morgan fingerprint density at radius 3 is 2.74 bits per heavy atom. The molecule has 0 saturated heterocycles. The number of thioether (sulfide) groups is 1. The highest BCUT2D eigenvalue weighted by molar-refractivity contribution is 7.98. The largest absolute Gasteiger partial charge is 0.398 e. The highest BCUT2D eigenvalue weighted by Crippen LogP contribution is 2.29. The van der Waals surface area contributed by atoms with Crippen molar-refractivity contribution in [3.8, 4) is 6.07 Å². The van der Waals surface area contributed by atoms with Crippen LogP contribution in [-0.4, -0.2) is 0 Å². The zero-order valence-electron chi connectivity index (χ0n) is 9.86. The second-order valence-electron chi connectivity index (χ2n) is 3.89. The van der Waals surface area contributed by atoms with E-state index in [1.165, 1.54) is 23.9 Å². The van der Waals surface area contributed by atoms with Crippen molar-refractivity contribution in [1.82, 2.24) is 0 Å². The Labute approximate surface area is 120 Å². The highest BCUT2D eigenvalue weighted by atomic mass is 35.5. The van der Waals surface area contributed by atoms with Gasteiger partial charge in [0.2, 0.25) is 0 Å². The average molecular weight is 293 g/mol. The van der Waals surface area contributed by atoms with Crippen LogP contribution in [-0.2, 0) is 5.75 Å². The molecule has 0 atom stereocenters. The fourth-order valence-corrected chi connectivity index (χ4v) is 2.72. The summed E-state index contributed by atoms with van der Waals surface area (Å²) in [7, 11) is 0. The molecular formula is C14H10ClFN2S. The third-order valence-corrected chi connectivity index (χ3v) is 3.93. The van der Waals surface area contributed by atoms with Crippen LogP contribution in [0.3, 0.4) is 0 Å². The van der Waals surface area contributed by atoms with E-state index < -0.39 is 5.82 Å². The third kappa shape index (κ3) is 3.40. The number of benzene rings is 2. The van der Waals surface area contributed by atoms with Crippen molar-refractivity contribution in [2.45, 2.75) is 10.6 Å². The lowest BCUT2D eigenvalue weighted by atomic mass is 10.1. The van der Waals surface area contributed by atoms with Crippen molar-refractivity contribution >= 4 is 29.1 Å². The van der Waals surface area contributed by atoms with Gasteiger partial charge in [-0.2, -0.15) is 5.26 Å². The van der Waals surface area contributed by atoms with Gasteiger partial charge in [0.1, 0.15) is 5.82 Å². The Bertz CT molecular complexity index is 652. The van der Waals surface area contributed by atoms with Gasteiger partial charge in [-0.1, -0.05) is 17.7 Å². The molecule has 2 aromatic rings. The number of hydrogen-bond donors (Lipinski definition) is 1. The van der Waals surface area contributed by atoms with Crippen LogP contribution in [0.2, 0.25) is 5.02 Å². The van der Waals surface area contributed by atoms with Crippen LogP contribution in [0, 0.1) is 17.1 Å². The summed E-state index contributed by atoms with van der Waals surface area (Å²) in [5.74, 6) is 0.171. The predicted molar refractivity (Wildman–Crippen MR) is 76.5 cm³/mol. The molecule has 0 unspecified atom stereocenters. The van der Waals surface area contributed by atoms with Crippen LogP contribution in [0.5, 0.6) is 0 Å². The van der Waals surface area contributed by atoms with E-state index in [1.54, 1.807) is 18.2 Å². The smallest absolute Gasteiger partial charge is 0.124 e. The first-order valence-corrected chi connectivity index (χ1v) is 6.83. The van der Waals surface area contributed by atoms with Crippen LogP contribution >= 0.6 is 23.4 Å². The van der Waals surface area contributed by atoms with E-state index in [1.807, 2.05) is 12.1 Å². The maximum atomic E-state index is 13.0. The van der Waals surface area contributed by atoms with Gasteiger partial charge in [-0.3, -0.25) is 0 Å². The highest BCUT2D eigenvalue weighted by Gasteiger charge is 2.05. The molecule has 2 nitrogen and oxygen atoms in total. The Hall–Kier alpha value is -1.70. The number of rotatable bonds is 3. The van der Waals surface area contributed by atoms with Crippen LogP contribution in [0.25, 0.3) is 0 Å². The van der Waals surface area contributed by atoms with E-state index in [0.29, 0.717) is 22.0 Å². The SMILES string of the molecule is N#Cc1cc(F)ccc1CSc1ccc(N)c(Cl)c1. The Kier molecular flexibility index (Phi) is 4.31. The van der Waals surface area contributed by atoms with Gasteiger partial charge in [0.25, 0.3) is 0 Å². The molecule has 0 aliphatic heterocycles. The topological polar surface area (TPSA) is 49.8 Å². The van der Waals surface area contributed by atoms with E-state index in [4.69, 9.17) is 22.6 Å². The molecule has 0 aromatic heterocycles.